The molecule has 0 bridgehead atoms. The molecule has 0 radical (unpaired) electrons. The van der Waals surface area contributed by atoms with E-state index in [0.717, 1.165) is 15.6 Å². The molecule has 0 saturated carbocycles. The lowest BCUT2D eigenvalue weighted by atomic mass is 10.0. The predicted molar refractivity (Wildman–Crippen MR) is 121 cm³/mol. The number of nitriles is 1. The van der Waals surface area contributed by atoms with Gasteiger partial charge in [-0.2, -0.15) is 5.26 Å². The van der Waals surface area contributed by atoms with Crippen LogP contribution in [0.25, 0.3) is 10.1 Å². The zero-order chi connectivity index (χ0) is 22.4. The first kappa shape index (κ1) is 22.0. The normalized spacial score (nSPS) is 12.4. The summed E-state index contributed by atoms with van der Waals surface area (Å²) in [6.07, 6.45) is 0.295. The fourth-order valence-electron chi connectivity index (χ4n) is 3.12. The molecule has 8 heteroatoms. The lowest BCUT2D eigenvalue weighted by molar-refractivity contribution is -0.123. The first-order chi connectivity index (χ1) is 14.9. The van der Waals surface area contributed by atoms with Gasteiger partial charge in [0.05, 0.1) is 6.07 Å². The van der Waals surface area contributed by atoms with E-state index < -0.39 is 23.9 Å². The Morgan fingerprint density at radius 2 is 1.77 bits per heavy atom. The van der Waals surface area contributed by atoms with Crippen molar-refractivity contribution < 1.29 is 14.4 Å². The molecule has 3 amide bonds. The molecule has 3 aromatic rings. The third-order valence-electron chi connectivity index (χ3n) is 4.63. The van der Waals surface area contributed by atoms with Crippen LogP contribution in [0.4, 0.5) is 5.69 Å². The molecular weight excluding hydrogens is 412 g/mol. The number of carbonyl (C=O) groups is 3. The van der Waals surface area contributed by atoms with Gasteiger partial charge in [0.2, 0.25) is 11.8 Å². The van der Waals surface area contributed by atoms with Crippen LogP contribution in [0.1, 0.15) is 29.8 Å². The lowest BCUT2D eigenvalue weighted by Gasteiger charge is -2.19. The van der Waals surface area contributed by atoms with Gasteiger partial charge in [0.25, 0.3) is 5.91 Å². The Balaban J connectivity index is 1.80. The molecule has 2 atom stereocenters. The predicted octanol–water partition coefficient (Wildman–Crippen LogP) is 3.23. The van der Waals surface area contributed by atoms with E-state index in [-0.39, 0.29) is 5.91 Å². The summed E-state index contributed by atoms with van der Waals surface area (Å²) in [6, 6.07) is 14.7. The summed E-state index contributed by atoms with van der Waals surface area (Å²) >= 11 is 1.58. The molecule has 7 nitrogen and oxygen atoms in total. The zero-order valence-corrected chi connectivity index (χ0v) is 18.0. The summed E-state index contributed by atoms with van der Waals surface area (Å²) in [5, 5.41) is 20.1. The molecule has 1 heterocycles. The van der Waals surface area contributed by atoms with Gasteiger partial charge in [-0.25, -0.2) is 0 Å². The van der Waals surface area contributed by atoms with Gasteiger partial charge < -0.3 is 16.0 Å². The van der Waals surface area contributed by atoms with Gasteiger partial charge in [0, 0.05) is 29.3 Å². The van der Waals surface area contributed by atoms with Crippen molar-refractivity contribution in [3.63, 3.8) is 0 Å². The minimum absolute atomic E-state index is 0.205. The first-order valence-corrected chi connectivity index (χ1v) is 10.6. The number of nitrogens with one attached hydrogen (secondary N) is 3. The summed E-state index contributed by atoms with van der Waals surface area (Å²) in [7, 11) is 0. The van der Waals surface area contributed by atoms with Crippen LogP contribution in [-0.4, -0.2) is 29.8 Å². The second-order valence-electron chi connectivity index (χ2n) is 7.11. The molecule has 0 aliphatic rings. The number of hydrogen-bond acceptors (Lipinski definition) is 5. The Bertz CT molecular complexity index is 1150. The smallest absolute Gasteiger partial charge is 0.251 e. The molecule has 2 unspecified atom stereocenters. The van der Waals surface area contributed by atoms with Gasteiger partial charge in [-0.1, -0.05) is 18.2 Å². The molecule has 3 rings (SSSR count). The third kappa shape index (κ3) is 5.68. The van der Waals surface area contributed by atoms with Crippen molar-refractivity contribution in [2.45, 2.75) is 32.4 Å². The van der Waals surface area contributed by atoms with Crippen LogP contribution in [0, 0.1) is 11.3 Å². The van der Waals surface area contributed by atoms with Crippen molar-refractivity contribution in [2.24, 2.45) is 0 Å². The summed E-state index contributed by atoms with van der Waals surface area (Å²) in [5.74, 6) is -1.05. The number of thiophene rings is 1. The Hall–Kier alpha value is -3.70. The largest absolute Gasteiger partial charge is 0.340 e. The van der Waals surface area contributed by atoms with E-state index >= 15 is 0 Å². The quantitative estimate of drug-likeness (QED) is 0.530. The van der Waals surface area contributed by atoms with Crippen molar-refractivity contribution in [1.29, 1.82) is 5.26 Å². The van der Waals surface area contributed by atoms with Crippen LogP contribution in [0.2, 0.25) is 0 Å². The average molecular weight is 435 g/mol. The van der Waals surface area contributed by atoms with Gasteiger partial charge in [-0.15, -0.1) is 11.3 Å². The molecule has 0 spiro atoms. The van der Waals surface area contributed by atoms with Crippen LogP contribution >= 0.6 is 11.3 Å². The molecule has 1 aromatic heterocycles. The van der Waals surface area contributed by atoms with E-state index in [1.807, 2.05) is 35.7 Å². The number of hydrogen-bond donors (Lipinski definition) is 3. The summed E-state index contributed by atoms with van der Waals surface area (Å²) in [4.78, 5) is 36.7. The summed E-state index contributed by atoms with van der Waals surface area (Å²) in [6.45, 7) is 2.98. The highest BCUT2D eigenvalue weighted by atomic mass is 32.1. The van der Waals surface area contributed by atoms with E-state index in [4.69, 9.17) is 5.26 Å². The number of fused-ring (bicyclic) bond motifs is 1. The Labute approximate surface area is 184 Å². The van der Waals surface area contributed by atoms with Gasteiger partial charge in [0.1, 0.15) is 12.1 Å². The highest BCUT2D eigenvalue weighted by molar-refractivity contribution is 7.17. The van der Waals surface area contributed by atoms with Gasteiger partial charge in [0.15, 0.2) is 0 Å². The van der Waals surface area contributed by atoms with Crippen LogP contribution in [0.5, 0.6) is 0 Å². The van der Waals surface area contributed by atoms with Crippen molar-refractivity contribution in [3.8, 4) is 6.07 Å². The number of rotatable bonds is 7. The highest BCUT2D eigenvalue weighted by Gasteiger charge is 2.24. The Kier molecular flexibility index (Phi) is 7.00. The fourth-order valence-corrected chi connectivity index (χ4v) is 4.09. The van der Waals surface area contributed by atoms with E-state index in [1.54, 1.807) is 42.5 Å². The van der Waals surface area contributed by atoms with E-state index in [1.165, 1.54) is 6.92 Å². The SMILES string of the molecule is CC(=O)Nc1ccc(C(=O)NC(Cc2csc3ccccc23)C(=O)NC(C)C#N)cc1. The number of nitrogens with zero attached hydrogens (tertiary/aromatic N) is 1. The van der Waals surface area contributed by atoms with Gasteiger partial charge >= 0.3 is 0 Å². The van der Waals surface area contributed by atoms with E-state index in [2.05, 4.69) is 16.0 Å². The number of carbonyl (C=O) groups excluding carboxylic acids is 3. The molecule has 31 heavy (non-hydrogen) atoms. The minimum Gasteiger partial charge on any atom is -0.340 e. The molecule has 2 aromatic carbocycles. The molecule has 0 saturated heterocycles. The van der Waals surface area contributed by atoms with E-state index in [0.29, 0.717) is 17.7 Å². The third-order valence-corrected chi connectivity index (χ3v) is 5.64. The fraction of sp³-hybridized carbons (Fsp3) is 0.217. The molecular formula is C23H22N4O3S. The van der Waals surface area contributed by atoms with Crippen LogP contribution in [0.15, 0.2) is 53.9 Å². The Morgan fingerprint density at radius 1 is 1.06 bits per heavy atom. The number of amides is 3. The van der Waals surface area contributed by atoms with Gasteiger partial charge in [-0.3, -0.25) is 14.4 Å². The zero-order valence-electron chi connectivity index (χ0n) is 17.1. The average Bonchev–Trinajstić information content (AvgIpc) is 3.16. The van der Waals surface area contributed by atoms with Crippen molar-refractivity contribution in [3.05, 3.63) is 65.0 Å². The maximum absolute atomic E-state index is 12.8. The summed E-state index contributed by atoms with van der Waals surface area (Å²) in [5.41, 5.74) is 1.88. The summed E-state index contributed by atoms with van der Waals surface area (Å²) < 4.78 is 1.10. The van der Waals surface area contributed by atoms with Crippen molar-refractivity contribution in [2.75, 3.05) is 5.32 Å². The molecule has 0 aliphatic carbocycles. The molecule has 158 valence electrons. The van der Waals surface area contributed by atoms with Crippen LogP contribution in [0.3, 0.4) is 0 Å². The minimum atomic E-state index is -0.851. The molecule has 0 fully saturated rings. The molecule has 3 N–H and O–H groups in total. The maximum Gasteiger partial charge on any atom is 0.251 e. The van der Waals surface area contributed by atoms with Crippen molar-refractivity contribution >= 4 is 44.8 Å². The molecule has 0 aliphatic heterocycles. The topological polar surface area (TPSA) is 111 Å². The monoisotopic (exact) mass is 434 g/mol. The highest BCUT2D eigenvalue weighted by Crippen LogP contribution is 2.26. The van der Waals surface area contributed by atoms with E-state index in [9.17, 15) is 14.4 Å². The Morgan fingerprint density at radius 3 is 2.45 bits per heavy atom. The lowest BCUT2D eigenvalue weighted by Crippen LogP contribution is -2.50. The maximum atomic E-state index is 12.8. The van der Waals surface area contributed by atoms with Crippen molar-refractivity contribution in [1.82, 2.24) is 10.6 Å². The van der Waals surface area contributed by atoms with Crippen LogP contribution in [-0.2, 0) is 16.0 Å². The second kappa shape index (κ2) is 9.87. The number of anilines is 1. The van der Waals surface area contributed by atoms with Crippen LogP contribution < -0.4 is 16.0 Å². The number of benzene rings is 2. The van der Waals surface area contributed by atoms with Gasteiger partial charge in [-0.05, 0) is 53.6 Å². The second-order valence-corrected chi connectivity index (χ2v) is 8.02. The standard InChI is InChI=1S/C23H22N4O3S/c1-14(12-24)25-23(30)20(11-17-13-31-21-6-4-3-5-19(17)21)27-22(29)16-7-9-18(10-8-16)26-15(2)28/h3-10,13-14,20H,11H2,1-2H3,(H,25,30)(H,26,28)(H,27,29). The first-order valence-electron chi connectivity index (χ1n) is 9.71.